The Morgan fingerprint density at radius 1 is 1.44 bits per heavy atom. The molecule has 0 heterocycles. The molecule has 18 heavy (non-hydrogen) atoms. The molecule has 1 rings (SSSR count). The number of hydrogen-bond acceptors (Lipinski definition) is 3. The monoisotopic (exact) mass is 266 g/mol. The summed E-state index contributed by atoms with van der Waals surface area (Å²) in [5.41, 5.74) is 7.13. The van der Waals surface area contributed by atoms with Crippen LogP contribution in [0.5, 0.6) is 0 Å². The number of rotatable bonds is 5. The van der Waals surface area contributed by atoms with Gasteiger partial charge >= 0.3 is 0 Å². The number of halogens is 1. The van der Waals surface area contributed by atoms with E-state index in [4.69, 9.17) is 5.73 Å². The van der Waals surface area contributed by atoms with Crippen molar-refractivity contribution in [2.45, 2.75) is 6.54 Å². The van der Waals surface area contributed by atoms with Crippen LogP contribution < -0.4 is 5.73 Å². The minimum absolute atomic E-state index is 0.258. The molecule has 0 unspecified atom stereocenters. The van der Waals surface area contributed by atoms with Gasteiger partial charge in [0.25, 0.3) is 0 Å². The molecule has 0 spiro atoms. The number of nitrogens with zero attached hydrogens (tertiary/aromatic N) is 1. The van der Waals surface area contributed by atoms with Crippen LogP contribution in [0.1, 0.15) is 11.1 Å². The zero-order valence-corrected chi connectivity index (χ0v) is 11.7. The molecule has 0 aliphatic carbocycles. The van der Waals surface area contributed by atoms with E-state index in [2.05, 4.69) is 30.0 Å². The van der Waals surface area contributed by atoms with Crippen LogP contribution in [0.3, 0.4) is 0 Å². The van der Waals surface area contributed by atoms with Crippen molar-refractivity contribution < 1.29 is 4.39 Å². The van der Waals surface area contributed by atoms with Crippen LogP contribution in [-0.4, -0.2) is 37.0 Å². The molecular formula is C14H19FN2S. The maximum atomic E-state index is 13.2. The molecular weight excluding hydrogens is 247 g/mol. The average Bonchev–Trinajstić information content (AvgIpc) is 2.36. The van der Waals surface area contributed by atoms with Gasteiger partial charge in [0.15, 0.2) is 0 Å². The third-order valence-electron chi connectivity index (χ3n) is 2.51. The number of nitrogens with two attached hydrogens (primary N) is 1. The summed E-state index contributed by atoms with van der Waals surface area (Å²) in [4.78, 5) is 2.21. The van der Waals surface area contributed by atoms with Gasteiger partial charge in [0, 0.05) is 24.4 Å². The topological polar surface area (TPSA) is 29.3 Å². The fourth-order valence-electron chi connectivity index (χ4n) is 1.57. The predicted molar refractivity (Wildman–Crippen MR) is 77.0 cm³/mol. The summed E-state index contributed by atoms with van der Waals surface area (Å²) in [6.45, 7) is 2.07. The van der Waals surface area contributed by atoms with E-state index < -0.39 is 0 Å². The molecule has 1 aromatic carbocycles. The maximum Gasteiger partial charge on any atom is 0.124 e. The average molecular weight is 266 g/mol. The van der Waals surface area contributed by atoms with Crippen LogP contribution in [0.4, 0.5) is 4.39 Å². The highest BCUT2D eigenvalue weighted by Crippen LogP contribution is 2.12. The summed E-state index contributed by atoms with van der Waals surface area (Å²) in [7, 11) is 2.06. The zero-order valence-electron chi connectivity index (χ0n) is 10.9. The highest BCUT2D eigenvalue weighted by Gasteiger charge is 2.05. The van der Waals surface area contributed by atoms with E-state index in [1.54, 1.807) is 6.07 Å². The van der Waals surface area contributed by atoms with Gasteiger partial charge in [0.05, 0.1) is 6.54 Å². The van der Waals surface area contributed by atoms with Gasteiger partial charge in [-0.25, -0.2) is 4.39 Å². The Morgan fingerprint density at radius 2 is 2.22 bits per heavy atom. The van der Waals surface area contributed by atoms with Gasteiger partial charge in [-0.15, -0.1) is 0 Å². The molecule has 2 nitrogen and oxygen atoms in total. The van der Waals surface area contributed by atoms with Gasteiger partial charge in [-0.2, -0.15) is 11.8 Å². The summed E-state index contributed by atoms with van der Waals surface area (Å²) < 4.78 is 13.2. The Labute approximate surface area is 113 Å². The molecule has 0 saturated heterocycles. The normalized spacial score (nSPS) is 10.3. The SMILES string of the molecule is CSCCN(C)Cc1ccc(F)cc1C#CCN. The van der Waals surface area contributed by atoms with Crippen LogP contribution in [0.15, 0.2) is 18.2 Å². The van der Waals surface area contributed by atoms with E-state index in [0.29, 0.717) is 0 Å². The van der Waals surface area contributed by atoms with Gasteiger partial charge in [0.1, 0.15) is 5.82 Å². The molecule has 0 aliphatic rings. The first kappa shape index (κ1) is 15.0. The highest BCUT2D eigenvalue weighted by molar-refractivity contribution is 7.98. The van der Waals surface area contributed by atoms with Crippen molar-refractivity contribution in [1.29, 1.82) is 0 Å². The molecule has 0 aromatic heterocycles. The largest absolute Gasteiger partial charge is 0.320 e. The van der Waals surface area contributed by atoms with Crippen LogP contribution in [-0.2, 0) is 6.54 Å². The Hall–Kier alpha value is -1.02. The lowest BCUT2D eigenvalue weighted by Gasteiger charge is -2.17. The Balaban J connectivity index is 2.80. The van der Waals surface area contributed by atoms with E-state index in [0.717, 1.165) is 30.0 Å². The van der Waals surface area contributed by atoms with Crippen molar-refractivity contribution in [3.05, 3.63) is 35.1 Å². The zero-order chi connectivity index (χ0) is 13.4. The van der Waals surface area contributed by atoms with E-state index in [9.17, 15) is 4.39 Å². The van der Waals surface area contributed by atoms with Gasteiger partial charge in [-0.05, 0) is 31.0 Å². The second-order valence-corrected chi connectivity index (χ2v) is 5.02. The standard InChI is InChI=1S/C14H19FN2S/c1-17(8-9-18-2)11-13-5-6-14(15)10-12(13)4-3-7-16/h5-6,10H,7-9,11,16H2,1-2H3. The first-order valence-corrected chi connectivity index (χ1v) is 7.21. The smallest absolute Gasteiger partial charge is 0.124 e. The fourth-order valence-corrected chi connectivity index (χ4v) is 2.06. The minimum Gasteiger partial charge on any atom is -0.320 e. The van der Waals surface area contributed by atoms with Crippen LogP contribution in [0.2, 0.25) is 0 Å². The molecule has 0 amide bonds. The van der Waals surface area contributed by atoms with Gasteiger partial charge in [0.2, 0.25) is 0 Å². The summed E-state index contributed by atoms with van der Waals surface area (Å²) in [6.07, 6.45) is 2.09. The molecule has 1 aromatic rings. The van der Waals surface area contributed by atoms with Crippen molar-refractivity contribution in [1.82, 2.24) is 4.90 Å². The quantitative estimate of drug-likeness (QED) is 0.826. The van der Waals surface area contributed by atoms with Crippen molar-refractivity contribution in [2.24, 2.45) is 5.73 Å². The van der Waals surface area contributed by atoms with E-state index in [-0.39, 0.29) is 12.4 Å². The number of hydrogen-bond donors (Lipinski definition) is 1. The van der Waals surface area contributed by atoms with Crippen molar-refractivity contribution >= 4 is 11.8 Å². The van der Waals surface area contributed by atoms with Crippen LogP contribution in [0.25, 0.3) is 0 Å². The van der Waals surface area contributed by atoms with Crippen molar-refractivity contribution in [3.63, 3.8) is 0 Å². The molecule has 4 heteroatoms. The summed E-state index contributed by atoms with van der Waals surface area (Å²) >= 11 is 1.81. The summed E-state index contributed by atoms with van der Waals surface area (Å²) in [5, 5.41) is 0. The molecule has 98 valence electrons. The molecule has 0 radical (unpaired) electrons. The van der Waals surface area contributed by atoms with Crippen LogP contribution >= 0.6 is 11.8 Å². The second kappa shape index (κ2) is 8.15. The lowest BCUT2D eigenvalue weighted by Crippen LogP contribution is -2.21. The van der Waals surface area contributed by atoms with Crippen molar-refractivity contribution in [3.8, 4) is 11.8 Å². The Morgan fingerprint density at radius 3 is 2.89 bits per heavy atom. The molecule has 0 saturated carbocycles. The van der Waals surface area contributed by atoms with Gasteiger partial charge < -0.3 is 10.6 Å². The maximum absolute atomic E-state index is 13.2. The Bertz CT molecular complexity index is 437. The predicted octanol–water partition coefficient (Wildman–Crippen LogP) is 1.93. The fraction of sp³-hybridized carbons (Fsp3) is 0.429. The highest BCUT2D eigenvalue weighted by atomic mass is 32.2. The van der Waals surface area contributed by atoms with Crippen molar-refractivity contribution in [2.75, 3.05) is 32.1 Å². The van der Waals surface area contributed by atoms with E-state index in [1.807, 2.05) is 11.8 Å². The first-order chi connectivity index (χ1) is 8.67. The lowest BCUT2D eigenvalue weighted by atomic mass is 10.1. The van der Waals surface area contributed by atoms with Crippen LogP contribution in [0, 0.1) is 17.7 Å². The molecule has 0 fully saturated rings. The lowest BCUT2D eigenvalue weighted by molar-refractivity contribution is 0.348. The molecule has 0 aliphatic heterocycles. The molecule has 2 N–H and O–H groups in total. The second-order valence-electron chi connectivity index (χ2n) is 4.04. The molecule has 0 atom stereocenters. The van der Waals surface area contributed by atoms with E-state index in [1.165, 1.54) is 12.1 Å². The van der Waals surface area contributed by atoms with E-state index >= 15 is 0 Å². The van der Waals surface area contributed by atoms with Gasteiger partial charge in [-0.1, -0.05) is 17.9 Å². The number of benzene rings is 1. The first-order valence-electron chi connectivity index (χ1n) is 5.82. The molecule has 0 bridgehead atoms. The number of thioether (sulfide) groups is 1. The third-order valence-corrected chi connectivity index (χ3v) is 3.11. The Kier molecular flexibility index (Phi) is 6.81. The summed E-state index contributed by atoms with van der Waals surface area (Å²) in [6, 6.07) is 4.75. The third kappa shape index (κ3) is 5.09. The van der Waals surface area contributed by atoms with Gasteiger partial charge in [-0.3, -0.25) is 0 Å². The summed E-state index contributed by atoms with van der Waals surface area (Å²) in [5.74, 6) is 6.53. The minimum atomic E-state index is -0.258.